The molecule has 2 aromatic carbocycles. The molecule has 29 heavy (non-hydrogen) atoms. The van der Waals surface area contributed by atoms with Crippen LogP contribution in [0.3, 0.4) is 0 Å². The van der Waals surface area contributed by atoms with E-state index in [1.807, 2.05) is 13.1 Å². The van der Waals surface area contributed by atoms with Crippen LogP contribution in [0.1, 0.15) is 33.9 Å². The molecule has 2 aliphatic heterocycles. The van der Waals surface area contributed by atoms with Crippen LogP contribution in [-0.4, -0.2) is 52.4 Å². The first-order chi connectivity index (χ1) is 14.1. The average Bonchev–Trinajstić information content (AvgIpc) is 3.21. The maximum atomic E-state index is 13.1. The summed E-state index contributed by atoms with van der Waals surface area (Å²) in [7, 11) is 6.79. The molecular weight excluding hydrogens is 374 g/mol. The Hall–Kier alpha value is -2.93. The van der Waals surface area contributed by atoms with Crippen molar-refractivity contribution in [3.05, 3.63) is 41.0 Å². The molecule has 0 saturated carbocycles. The van der Waals surface area contributed by atoms with Crippen LogP contribution in [0.5, 0.6) is 28.7 Å². The number of hydrogen-bond acceptors (Lipinski definition) is 7. The minimum atomic E-state index is -0.121. The molecule has 0 fully saturated rings. The fraction of sp³-hybridized carbons (Fsp3) is 0.409. The molecule has 1 atom stereocenters. The molecule has 2 aromatic rings. The van der Waals surface area contributed by atoms with Crippen LogP contribution in [0.15, 0.2) is 24.3 Å². The van der Waals surface area contributed by atoms with Crippen molar-refractivity contribution in [3.63, 3.8) is 0 Å². The van der Waals surface area contributed by atoms with E-state index in [2.05, 4.69) is 4.90 Å². The number of ether oxygens (including phenoxy) is 5. The van der Waals surface area contributed by atoms with Crippen LogP contribution in [0.2, 0.25) is 0 Å². The zero-order valence-electron chi connectivity index (χ0n) is 17.1. The van der Waals surface area contributed by atoms with Crippen LogP contribution in [0.4, 0.5) is 0 Å². The van der Waals surface area contributed by atoms with Crippen molar-refractivity contribution < 1.29 is 28.5 Å². The van der Waals surface area contributed by atoms with Gasteiger partial charge in [-0.2, -0.15) is 0 Å². The van der Waals surface area contributed by atoms with E-state index in [4.69, 9.17) is 23.7 Å². The molecule has 0 radical (unpaired) electrons. The van der Waals surface area contributed by atoms with Gasteiger partial charge in [-0.25, -0.2) is 0 Å². The minimum absolute atomic E-state index is 0.0235. The summed E-state index contributed by atoms with van der Waals surface area (Å²) in [6.07, 6.45) is 1.18. The predicted octanol–water partition coefficient (Wildman–Crippen LogP) is 3.24. The number of methoxy groups -OCH3 is 3. The Bertz CT molecular complexity index is 941. The average molecular weight is 399 g/mol. The second-order valence-electron chi connectivity index (χ2n) is 7.16. The summed E-state index contributed by atoms with van der Waals surface area (Å²) < 4.78 is 27.5. The number of Topliss-reactive ketones (excluding diaryl/α,β-unsaturated/α-hetero) is 1. The van der Waals surface area contributed by atoms with Gasteiger partial charge >= 0.3 is 0 Å². The number of benzene rings is 2. The summed E-state index contributed by atoms with van der Waals surface area (Å²) in [5.74, 6) is 3.14. The van der Waals surface area contributed by atoms with Crippen LogP contribution in [0.25, 0.3) is 0 Å². The van der Waals surface area contributed by atoms with Gasteiger partial charge in [-0.15, -0.1) is 0 Å². The lowest BCUT2D eigenvalue weighted by molar-refractivity contribution is 0.0925. The maximum absolute atomic E-state index is 13.1. The van der Waals surface area contributed by atoms with E-state index in [1.54, 1.807) is 39.5 Å². The quantitative estimate of drug-likeness (QED) is 0.691. The van der Waals surface area contributed by atoms with Crippen molar-refractivity contribution >= 4 is 5.78 Å². The highest BCUT2D eigenvalue weighted by Gasteiger charge is 2.35. The zero-order valence-corrected chi connectivity index (χ0v) is 17.1. The van der Waals surface area contributed by atoms with Gasteiger partial charge in [-0.1, -0.05) is 0 Å². The standard InChI is InChI=1S/C22H25NO6/c1-23-8-7-14-10-19-21(29-12-28-19)22(27-4)20(14)15(23)11-16(24)13-5-6-17(25-2)18(9-13)26-3/h5-6,9-10,15H,7-8,11-12H2,1-4H3/t15-/m0/s1. The fourth-order valence-electron chi connectivity index (χ4n) is 4.09. The van der Waals surface area contributed by atoms with Gasteiger partial charge in [0, 0.05) is 30.1 Å². The van der Waals surface area contributed by atoms with Crippen molar-refractivity contribution in [1.82, 2.24) is 4.90 Å². The fourth-order valence-corrected chi connectivity index (χ4v) is 4.09. The summed E-state index contributed by atoms with van der Waals surface area (Å²) in [6.45, 7) is 1.03. The summed E-state index contributed by atoms with van der Waals surface area (Å²) in [5.41, 5.74) is 2.72. The highest BCUT2D eigenvalue weighted by molar-refractivity contribution is 5.97. The van der Waals surface area contributed by atoms with Gasteiger partial charge in [-0.3, -0.25) is 9.69 Å². The Morgan fingerprint density at radius 2 is 1.90 bits per heavy atom. The molecule has 0 spiro atoms. The number of fused-ring (bicyclic) bond motifs is 2. The molecule has 0 amide bonds. The Labute approximate surface area is 170 Å². The Kier molecular flexibility index (Phi) is 5.24. The number of carbonyl (C=O) groups is 1. The van der Waals surface area contributed by atoms with Crippen LogP contribution >= 0.6 is 0 Å². The molecule has 0 aromatic heterocycles. The number of nitrogens with zero attached hydrogens (tertiary/aromatic N) is 1. The monoisotopic (exact) mass is 399 g/mol. The third kappa shape index (κ3) is 3.35. The number of rotatable bonds is 6. The molecule has 0 saturated heterocycles. The van der Waals surface area contributed by atoms with E-state index in [9.17, 15) is 4.79 Å². The molecule has 7 nitrogen and oxygen atoms in total. The van der Waals surface area contributed by atoms with E-state index in [-0.39, 0.29) is 18.6 Å². The van der Waals surface area contributed by atoms with Crippen molar-refractivity contribution in [2.75, 3.05) is 41.7 Å². The number of hydrogen-bond donors (Lipinski definition) is 0. The second kappa shape index (κ2) is 7.83. The van der Waals surface area contributed by atoms with Gasteiger partial charge in [0.2, 0.25) is 12.5 Å². The van der Waals surface area contributed by atoms with Gasteiger partial charge < -0.3 is 23.7 Å². The number of likely N-dealkylation sites (N-methyl/N-ethyl adjacent to an activating group) is 1. The third-order valence-corrected chi connectivity index (χ3v) is 5.63. The third-order valence-electron chi connectivity index (χ3n) is 5.63. The largest absolute Gasteiger partial charge is 0.493 e. The molecule has 154 valence electrons. The molecule has 0 unspecified atom stereocenters. The lowest BCUT2D eigenvalue weighted by atomic mass is 9.87. The Balaban J connectivity index is 1.69. The lowest BCUT2D eigenvalue weighted by Gasteiger charge is -2.35. The highest BCUT2D eigenvalue weighted by atomic mass is 16.7. The molecule has 7 heteroatoms. The van der Waals surface area contributed by atoms with Gasteiger partial charge in [0.25, 0.3) is 0 Å². The van der Waals surface area contributed by atoms with Crippen LogP contribution in [-0.2, 0) is 6.42 Å². The highest BCUT2D eigenvalue weighted by Crippen LogP contribution is 2.50. The van der Waals surface area contributed by atoms with E-state index in [0.717, 1.165) is 24.1 Å². The molecule has 0 bridgehead atoms. The first kappa shape index (κ1) is 19.4. The summed E-state index contributed by atoms with van der Waals surface area (Å²) in [5, 5.41) is 0. The predicted molar refractivity (Wildman–Crippen MR) is 107 cm³/mol. The molecule has 2 heterocycles. The van der Waals surface area contributed by atoms with Crippen molar-refractivity contribution in [2.45, 2.75) is 18.9 Å². The molecule has 4 rings (SSSR count). The van der Waals surface area contributed by atoms with Gasteiger partial charge in [0.1, 0.15) is 0 Å². The van der Waals surface area contributed by atoms with E-state index >= 15 is 0 Å². The Morgan fingerprint density at radius 3 is 2.62 bits per heavy atom. The molecule has 0 aliphatic carbocycles. The van der Waals surface area contributed by atoms with E-state index in [1.165, 1.54) is 0 Å². The first-order valence-electron chi connectivity index (χ1n) is 9.52. The van der Waals surface area contributed by atoms with E-state index in [0.29, 0.717) is 40.7 Å². The Morgan fingerprint density at radius 1 is 1.10 bits per heavy atom. The minimum Gasteiger partial charge on any atom is -0.493 e. The van der Waals surface area contributed by atoms with Crippen molar-refractivity contribution in [2.24, 2.45) is 0 Å². The van der Waals surface area contributed by atoms with Crippen molar-refractivity contribution in [1.29, 1.82) is 0 Å². The van der Waals surface area contributed by atoms with Gasteiger partial charge in [0.05, 0.1) is 21.3 Å². The van der Waals surface area contributed by atoms with Gasteiger partial charge in [-0.05, 0) is 43.3 Å². The number of ketones is 1. The number of carbonyl (C=O) groups excluding carboxylic acids is 1. The lowest BCUT2D eigenvalue weighted by Crippen LogP contribution is -2.34. The smallest absolute Gasteiger partial charge is 0.231 e. The molecule has 2 aliphatic rings. The van der Waals surface area contributed by atoms with Crippen molar-refractivity contribution in [3.8, 4) is 28.7 Å². The van der Waals surface area contributed by atoms with Gasteiger partial charge in [0.15, 0.2) is 28.8 Å². The first-order valence-corrected chi connectivity index (χ1v) is 9.52. The summed E-state index contributed by atoms with van der Waals surface area (Å²) in [6, 6.07) is 7.14. The summed E-state index contributed by atoms with van der Waals surface area (Å²) >= 11 is 0. The van der Waals surface area contributed by atoms with E-state index < -0.39 is 0 Å². The topological polar surface area (TPSA) is 66.5 Å². The van der Waals surface area contributed by atoms with Crippen LogP contribution in [0, 0.1) is 0 Å². The molecule has 0 N–H and O–H groups in total. The second-order valence-corrected chi connectivity index (χ2v) is 7.16. The van der Waals surface area contributed by atoms with Crippen LogP contribution < -0.4 is 23.7 Å². The normalized spacial score (nSPS) is 17.6. The maximum Gasteiger partial charge on any atom is 0.231 e. The zero-order chi connectivity index (χ0) is 20.5. The summed E-state index contributed by atoms with van der Waals surface area (Å²) in [4.78, 5) is 15.3. The SMILES string of the molecule is COc1ccc(C(=O)C[C@H]2c3c(cc4c(c3OC)OCO4)CCN2C)cc1OC. The molecular formula is C22H25NO6.